The molecule has 0 N–H and O–H groups in total. The second kappa shape index (κ2) is 6.20. The zero-order valence-corrected chi connectivity index (χ0v) is 11.7. The van der Waals surface area contributed by atoms with E-state index in [1.807, 2.05) is 0 Å². The third-order valence-electron chi connectivity index (χ3n) is 2.35. The first kappa shape index (κ1) is 15.4. The summed E-state index contributed by atoms with van der Waals surface area (Å²) in [4.78, 5) is 16.2. The zero-order chi connectivity index (χ0) is 15.5. The molecule has 11 heteroatoms. The van der Waals surface area contributed by atoms with E-state index in [9.17, 15) is 13.2 Å². The molecule has 0 radical (unpaired) electrons. The van der Waals surface area contributed by atoms with Gasteiger partial charge < -0.3 is 4.90 Å². The molecular formula is C10H11ClF3N7. The highest BCUT2D eigenvalue weighted by atomic mass is 35.5. The summed E-state index contributed by atoms with van der Waals surface area (Å²) >= 11 is 5.75. The van der Waals surface area contributed by atoms with Crippen LogP contribution < -0.4 is 4.90 Å². The summed E-state index contributed by atoms with van der Waals surface area (Å²) in [6.07, 6.45) is -1.32. The van der Waals surface area contributed by atoms with E-state index in [-0.39, 0.29) is 23.7 Å². The summed E-state index contributed by atoms with van der Waals surface area (Å²) in [6.45, 7) is 0.721. The van der Waals surface area contributed by atoms with Crippen LogP contribution in [0.2, 0.25) is 5.28 Å². The fourth-order valence-electron chi connectivity index (χ4n) is 1.62. The van der Waals surface area contributed by atoms with Crippen molar-refractivity contribution in [3.05, 3.63) is 17.9 Å². The Morgan fingerprint density at radius 1 is 1.29 bits per heavy atom. The van der Waals surface area contributed by atoms with Crippen molar-refractivity contribution in [2.45, 2.75) is 19.5 Å². The Balaban J connectivity index is 2.36. The first-order chi connectivity index (χ1) is 9.89. The number of anilines is 1. The normalized spacial score (nSPS) is 11.7. The monoisotopic (exact) mass is 321 g/mol. The standard InChI is InChI=1S/C10H11ClF3N7/c1-2-3-20(4-10(12,13)14)8-17-7(11)18-9(19-8)21-6-15-5-16-21/h5-6H,2-4H2,1H3. The van der Waals surface area contributed by atoms with E-state index in [1.165, 1.54) is 17.3 Å². The van der Waals surface area contributed by atoms with Crippen molar-refractivity contribution in [1.29, 1.82) is 0 Å². The lowest BCUT2D eigenvalue weighted by molar-refractivity contribution is -0.119. The molecule has 0 bridgehead atoms. The van der Waals surface area contributed by atoms with Gasteiger partial charge in [0.2, 0.25) is 11.2 Å². The molecule has 0 amide bonds. The average Bonchev–Trinajstić information content (AvgIpc) is 2.90. The SMILES string of the molecule is CCCN(CC(F)(F)F)c1nc(Cl)nc(-n2cncn2)n1. The van der Waals surface area contributed by atoms with Crippen molar-refractivity contribution in [2.75, 3.05) is 18.0 Å². The van der Waals surface area contributed by atoms with Crippen molar-refractivity contribution >= 4 is 17.5 Å². The molecule has 0 aliphatic carbocycles. The van der Waals surface area contributed by atoms with Gasteiger partial charge in [0, 0.05) is 6.54 Å². The molecule has 0 aliphatic rings. The number of halogens is 4. The second-order valence-electron chi connectivity index (χ2n) is 4.08. The number of hydrogen-bond donors (Lipinski definition) is 0. The van der Waals surface area contributed by atoms with Gasteiger partial charge >= 0.3 is 6.18 Å². The minimum atomic E-state index is -4.37. The molecule has 2 rings (SSSR count). The van der Waals surface area contributed by atoms with E-state index >= 15 is 0 Å². The summed E-state index contributed by atoms with van der Waals surface area (Å²) < 4.78 is 39.0. The highest BCUT2D eigenvalue weighted by molar-refractivity contribution is 6.28. The van der Waals surface area contributed by atoms with Gasteiger partial charge in [-0.15, -0.1) is 0 Å². The van der Waals surface area contributed by atoms with Crippen LogP contribution in [0.25, 0.3) is 5.95 Å². The van der Waals surface area contributed by atoms with Crippen LogP contribution in [0.1, 0.15) is 13.3 Å². The lowest BCUT2D eigenvalue weighted by Gasteiger charge is -2.23. The zero-order valence-electron chi connectivity index (χ0n) is 10.9. The maximum Gasteiger partial charge on any atom is 0.406 e. The molecule has 21 heavy (non-hydrogen) atoms. The van der Waals surface area contributed by atoms with Crippen LogP contribution in [-0.2, 0) is 0 Å². The number of hydrogen-bond acceptors (Lipinski definition) is 6. The maximum absolute atomic E-state index is 12.6. The van der Waals surface area contributed by atoms with Crippen molar-refractivity contribution in [3.8, 4) is 5.95 Å². The van der Waals surface area contributed by atoms with Crippen LogP contribution in [-0.4, -0.2) is 49.0 Å². The van der Waals surface area contributed by atoms with E-state index in [0.29, 0.717) is 6.42 Å². The Morgan fingerprint density at radius 2 is 2.05 bits per heavy atom. The number of alkyl halides is 3. The van der Waals surface area contributed by atoms with Crippen LogP contribution in [0.4, 0.5) is 19.1 Å². The van der Waals surface area contributed by atoms with Gasteiger partial charge in [-0.3, -0.25) is 0 Å². The van der Waals surface area contributed by atoms with Gasteiger partial charge in [-0.1, -0.05) is 6.92 Å². The predicted molar refractivity (Wildman–Crippen MR) is 68.3 cm³/mol. The summed E-state index contributed by atoms with van der Waals surface area (Å²) in [7, 11) is 0. The van der Waals surface area contributed by atoms with Gasteiger partial charge in [0.15, 0.2) is 0 Å². The molecule has 0 aliphatic heterocycles. The Bertz CT molecular complexity index is 587. The summed E-state index contributed by atoms with van der Waals surface area (Å²) in [5, 5.41) is 3.59. The molecule has 0 spiro atoms. The van der Waals surface area contributed by atoms with Crippen molar-refractivity contribution in [2.24, 2.45) is 0 Å². The smallest absolute Gasteiger partial charge is 0.332 e. The molecular weight excluding hydrogens is 311 g/mol. The highest BCUT2D eigenvalue weighted by Crippen LogP contribution is 2.21. The van der Waals surface area contributed by atoms with Gasteiger partial charge in [0.05, 0.1) is 0 Å². The predicted octanol–water partition coefficient (Wildman–Crippen LogP) is 1.88. The van der Waals surface area contributed by atoms with Crippen LogP contribution in [0.3, 0.4) is 0 Å². The number of aromatic nitrogens is 6. The lowest BCUT2D eigenvalue weighted by atomic mass is 10.4. The summed E-state index contributed by atoms with van der Waals surface area (Å²) in [5.41, 5.74) is 0. The number of rotatable bonds is 5. The Kier molecular flexibility index (Phi) is 4.56. The molecule has 2 heterocycles. The minimum absolute atomic E-state index is 0.00535. The van der Waals surface area contributed by atoms with Gasteiger partial charge in [-0.05, 0) is 18.0 Å². The molecule has 2 aromatic rings. The average molecular weight is 322 g/mol. The highest BCUT2D eigenvalue weighted by Gasteiger charge is 2.32. The second-order valence-corrected chi connectivity index (χ2v) is 4.42. The molecule has 2 aromatic heterocycles. The maximum atomic E-state index is 12.6. The van der Waals surface area contributed by atoms with E-state index in [2.05, 4.69) is 25.0 Å². The molecule has 0 aromatic carbocycles. The molecule has 7 nitrogen and oxygen atoms in total. The Hall–Kier alpha value is -1.97. The third-order valence-corrected chi connectivity index (χ3v) is 2.52. The fourth-order valence-corrected chi connectivity index (χ4v) is 1.77. The first-order valence-corrected chi connectivity index (χ1v) is 6.35. The summed E-state index contributed by atoms with van der Waals surface area (Å²) in [6, 6.07) is 0. The van der Waals surface area contributed by atoms with Gasteiger partial charge in [0.25, 0.3) is 5.95 Å². The first-order valence-electron chi connectivity index (χ1n) is 5.97. The minimum Gasteiger partial charge on any atom is -0.332 e. The molecule has 0 saturated heterocycles. The van der Waals surface area contributed by atoms with Gasteiger partial charge in [0.1, 0.15) is 19.2 Å². The molecule has 0 unspecified atom stereocenters. The lowest BCUT2D eigenvalue weighted by Crippen LogP contribution is -2.36. The van der Waals surface area contributed by atoms with Crippen LogP contribution >= 0.6 is 11.6 Å². The van der Waals surface area contributed by atoms with E-state index in [0.717, 1.165) is 4.90 Å². The largest absolute Gasteiger partial charge is 0.406 e. The summed E-state index contributed by atoms with van der Waals surface area (Å²) in [5.74, 6) is -0.148. The van der Waals surface area contributed by atoms with Crippen molar-refractivity contribution in [1.82, 2.24) is 29.7 Å². The molecule has 0 fully saturated rings. The Labute approximate surface area is 122 Å². The van der Waals surface area contributed by atoms with Crippen LogP contribution in [0.15, 0.2) is 12.7 Å². The van der Waals surface area contributed by atoms with Crippen molar-refractivity contribution in [3.63, 3.8) is 0 Å². The third kappa shape index (κ3) is 4.25. The quantitative estimate of drug-likeness (QED) is 0.837. The van der Waals surface area contributed by atoms with Crippen LogP contribution in [0, 0.1) is 0 Å². The van der Waals surface area contributed by atoms with Crippen LogP contribution in [0.5, 0.6) is 0 Å². The Morgan fingerprint density at radius 3 is 2.62 bits per heavy atom. The van der Waals surface area contributed by atoms with Crippen molar-refractivity contribution < 1.29 is 13.2 Å². The van der Waals surface area contributed by atoms with Gasteiger partial charge in [-0.2, -0.15) is 37.9 Å². The van der Waals surface area contributed by atoms with Gasteiger partial charge in [-0.25, -0.2) is 4.98 Å². The molecule has 0 atom stereocenters. The number of nitrogens with zero attached hydrogens (tertiary/aromatic N) is 7. The van der Waals surface area contributed by atoms with E-state index < -0.39 is 12.7 Å². The fraction of sp³-hybridized carbons (Fsp3) is 0.500. The molecule has 114 valence electrons. The molecule has 0 saturated carbocycles. The van der Waals surface area contributed by atoms with E-state index in [1.54, 1.807) is 6.92 Å². The topological polar surface area (TPSA) is 72.6 Å². The van der Waals surface area contributed by atoms with E-state index in [4.69, 9.17) is 11.6 Å².